The zero-order chi connectivity index (χ0) is 13.2. The molecule has 0 radical (unpaired) electrons. The summed E-state index contributed by atoms with van der Waals surface area (Å²) < 4.78 is 0. The molecule has 17 heavy (non-hydrogen) atoms. The fourth-order valence-corrected chi connectivity index (χ4v) is 2.00. The number of amides is 4. The molecule has 9 nitrogen and oxygen atoms in total. The second-order valence-corrected chi connectivity index (χ2v) is 4.21. The first-order valence-corrected chi connectivity index (χ1v) is 5.24. The number of piperidine rings is 1. The van der Waals surface area contributed by atoms with E-state index < -0.39 is 12.1 Å². The minimum atomic E-state index is -0.715. The predicted octanol–water partition coefficient (Wildman–Crippen LogP) is -2.18. The van der Waals surface area contributed by atoms with Crippen LogP contribution in [0.15, 0.2) is 0 Å². The van der Waals surface area contributed by atoms with Crippen molar-refractivity contribution >= 4 is 12.1 Å². The van der Waals surface area contributed by atoms with Crippen molar-refractivity contribution in [3.8, 4) is 0 Å². The summed E-state index contributed by atoms with van der Waals surface area (Å²) in [5, 5.41) is 4.92. The Balaban J connectivity index is 2.61. The maximum Gasteiger partial charge on any atom is 0.330 e. The zero-order valence-electron chi connectivity index (χ0n) is 9.67. The third-order valence-corrected chi connectivity index (χ3v) is 2.95. The molecule has 98 valence electrons. The highest BCUT2D eigenvalue weighted by Crippen LogP contribution is 2.19. The molecule has 1 saturated heterocycles. The number of primary amides is 2. The number of nitrogens with one attached hydrogen (secondary N) is 1. The van der Waals surface area contributed by atoms with Crippen LogP contribution in [-0.4, -0.2) is 40.8 Å². The van der Waals surface area contributed by atoms with E-state index in [4.69, 9.17) is 23.2 Å². The van der Waals surface area contributed by atoms with Gasteiger partial charge in [-0.3, -0.25) is 10.3 Å². The molecular weight excluding hydrogens is 226 g/mol. The molecule has 0 saturated carbocycles. The molecule has 9 heteroatoms. The van der Waals surface area contributed by atoms with E-state index in [1.165, 1.54) is 0 Å². The number of nitrogens with zero attached hydrogens (tertiary/aromatic N) is 2. The van der Waals surface area contributed by atoms with Gasteiger partial charge in [0.05, 0.1) is 6.04 Å². The number of hydrazine groups is 2. The van der Waals surface area contributed by atoms with Crippen molar-refractivity contribution in [3.63, 3.8) is 0 Å². The quantitative estimate of drug-likeness (QED) is 0.212. The lowest BCUT2D eigenvalue weighted by Crippen LogP contribution is -2.65. The molecule has 3 atom stereocenters. The van der Waals surface area contributed by atoms with Gasteiger partial charge in [0.1, 0.15) is 6.17 Å². The van der Waals surface area contributed by atoms with E-state index in [1.54, 1.807) is 0 Å². The SMILES string of the molecule is CC1CC(N(N)C(N)=O)CNC1N(N)C(N)=O. The molecular formula is C8H19N7O2. The minimum absolute atomic E-state index is 0.00310. The lowest BCUT2D eigenvalue weighted by molar-refractivity contribution is 0.0780. The minimum Gasteiger partial charge on any atom is -0.350 e. The summed E-state index contributed by atoms with van der Waals surface area (Å²) in [4.78, 5) is 21.9. The van der Waals surface area contributed by atoms with Gasteiger partial charge >= 0.3 is 12.1 Å². The van der Waals surface area contributed by atoms with E-state index in [1.807, 2.05) is 6.92 Å². The highest BCUT2D eigenvalue weighted by atomic mass is 16.2. The fraction of sp³-hybridized carbons (Fsp3) is 0.750. The maximum absolute atomic E-state index is 10.9. The van der Waals surface area contributed by atoms with Crippen molar-refractivity contribution in [2.45, 2.75) is 25.6 Å². The highest BCUT2D eigenvalue weighted by molar-refractivity contribution is 5.72. The summed E-state index contributed by atoms with van der Waals surface area (Å²) in [6, 6.07) is -1.63. The third-order valence-electron chi connectivity index (χ3n) is 2.95. The smallest absolute Gasteiger partial charge is 0.330 e. The van der Waals surface area contributed by atoms with Gasteiger partial charge in [-0.05, 0) is 12.3 Å². The van der Waals surface area contributed by atoms with Crippen molar-refractivity contribution in [3.05, 3.63) is 0 Å². The number of carbonyl (C=O) groups is 2. The summed E-state index contributed by atoms with van der Waals surface area (Å²) in [5.41, 5.74) is 10.2. The first-order chi connectivity index (χ1) is 7.84. The van der Waals surface area contributed by atoms with Crippen LogP contribution in [0.2, 0.25) is 0 Å². The van der Waals surface area contributed by atoms with Gasteiger partial charge in [-0.1, -0.05) is 6.92 Å². The van der Waals surface area contributed by atoms with E-state index in [0.29, 0.717) is 13.0 Å². The third kappa shape index (κ3) is 2.96. The Bertz CT molecular complexity index is 310. The second kappa shape index (κ2) is 5.17. The van der Waals surface area contributed by atoms with Crippen LogP contribution in [-0.2, 0) is 0 Å². The number of hydrogen-bond donors (Lipinski definition) is 5. The monoisotopic (exact) mass is 245 g/mol. The Morgan fingerprint density at radius 3 is 2.12 bits per heavy atom. The Morgan fingerprint density at radius 2 is 1.71 bits per heavy atom. The van der Waals surface area contributed by atoms with E-state index in [9.17, 15) is 9.59 Å². The van der Waals surface area contributed by atoms with E-state index in [-0.39, 0.29) is 18.1 Å². The first-order valence-electron chi connectivity index (χ1n) is 5.24. The fourth-order valence-electron chi connectivity index (χ4n) is 2.00. The molecule has 0 aromatic carbocycles. The molecule has 9 N–H and O–H groups in total. The number of carbonyl (C=O) groups excluding carboxylic acids is 2. The van der Waals surface area contributed by atoms with Crippen molar-refractivity contribution in [1.82, 2.24) is 15.3 Å². The lowest BCUT2D eigenvalue weighted by atomic mass is 9.93. The molecule has 1 rings (SSSR count). The molecule has 0 spiro atoms. The van der Waals surface area contributed by atoms with Crippen LogP contribution < -0.4 is 28.5 Å². The van der Waals surface area contributed by atoms with E-state index in [0.717, 1.165) is 10.0 Å². The normalized spacial score (nSPS) is 28.5. The molecule has 1 aliphatic heterocycles. The topological polar surface area (TPSA) is 157 Å². The zero-order valence-corrected chi connectivity index (χ0v) is 9.67. The van der Waals surface area contributed by atoms with Crippen LogP contribution in [0.5, 0.6) is 0 Å². The molecule has 1 heterocycles. The standard InChI is InChI=1S/C8H19N7O2/c1-4-2-5(14(11)7(9)16)3-13-6(4)15(12)8(10)17/h4-6,13H,2-3,11-12H2,1H3,(H2,9,16)(H2,10,17). The van der Waals surface area contributed by atoms with Crippen LogP contribution in [0.4, 0.5) is 9.59 Å². The molecule has 4 amide bonds. The first kappa shape index (κ1) is 13.5. The largest absolute Gasteiger partial charge is 0.350 e. The van der Waals surface area contributed by atoms with Crippen LogP contribution in [0.1, 0.15) is 13.3 Å². The Labute approximate surface area is 99.0 Å². The van der Waals surface area contributed by atoms with Crippen molar-refractivity contribution in [1.29, 1.82) is 0 Å². The molecule has 0 aliphatic carbocycles. The summed E-state index contributed by atoms with van der Waals surface area (Å²) in [7, 11) is 0. The van der Waals surface area contributed by atoms with Gasteiger partial charge in [0, 0.05) is 6.54 Å². The van der Waals surface area contributed by atoms with Gasteiger partial charge < -0.3 is 11.5 Å². The maximum atomic E-state index is 10.9. The molecule has 0 bridgehead atoms. The Morgan fingerprint density at radius 1 is 1.18 bits per heavy atom. The molecule has 0 aromatic rings. The number of nitrogens with two attached hydrogens (primary N) is 4. The Hall–Kier alpha value is -1.58. The molecule has 3 unspecified atom stereocenters. The number of rotatable bonds is 2. The summed E-state index contributed by atoms with van der Waals surface area (Å²) in [5.74, 6) is 11.0. The lowest BCUT2D eigenvalue weighted by Gasteiger charge is -2.41. The summed E-state index contributed by atoms with van der Waals surface area (Å²) >= 11 is 0. The van der Waals surface area contributed by atoms with Gasteiger partial charge in [-0.25, -0.2) is 26.3 Å². The van der Waals surface area contributed by atoms with Gasteiger partial charge in [0.2, 0.25) is 0 Å². The van der Waals surface area contributed by atoms with Crippen LogP contribution >= 0.6 is 0 Å². The van der Waals surface area contributed by atoms with Gasteiger partial charge in [-0.15, -0.1) is 0 Å². The van der Waals surface area contributed by atoms with Crippen molar-refractivity contribution in [2.24, 2.45) is 29.1 Å². The van der Waals surface area contributed by atoms with Gasteiger partial charge in [-0.2, -0.15) is 0 Å². The van der Waals surface area contributed by atoms with Crippen LogP contribution in [0, 0.1) is 5.92 Å². The summed E-state index contributed by atoms with van der Waals surface area (Å²) in [6.07, 6.45) is 0.211. The van der Waals surface area contributed by atoms with Crippen LogP contribution in [0.25, 0.3) is 0 Å². The predicted molar refractivity (Wildman–Crippen MR) is 60.6 cm³/mol. The van der Waals surface area contributed by atoms with Crippen molar-refractivity contribution < 1.29 is 9.59 Å². The number of hydrogen-bond acceptors (Lipinski definition) is 5. The molecule has 0 aromatic heterocycles. The average molecular weight is 245 g/mol. The van der Waals surface area contributed by atoms with E-state index in [2.05, 4.69) is 5.32 Å². The van der Waals surface area contributed by atoms with Gasteiger partial charge in [0.15, 0.2) is 0 Å². The summed E-state index contributed by atoms with van der Waals surface area (Å²) in [6.45, 7) is 2.27. The van der Waals surface area contributed by atoms with E-state index >= 15 is 0 Å². The van der Waals surface area contributed by atoms with Gasteiger partial charge in [0.25, 0.3) is 0 Å². The van der Waals surface area contributed by atoms with Crippen LogP contribution in [0.3, 0.4) is 0 Å². The second-order valence-electron chi connectivity index (χ2n) is 4.21. The highest BCUT2D eigenvalue weighted by Gasteiger charge is 2.34. The molecule has 1 aliphatic rings. The Kier molecular flexibility index (Phi) is 4.10. The average Bonchev–Trinajstić information content (AvgIpc) is 2.26. The molecule has 1 fully saturated rings. The van der Waals surface area contributed by atoms with Crippen molar-refractivity contribution in [2.75, 3.05) is 6.54 Å². The number of urea groups is 2.